The zero-order chi connectivity index (χ0) is 13.9. The van der Waals surface area contributed by atoms with Crippen molar-refractivity contribution in [1.29, 1.82) is 0 Å². The number of hydrogen-bond donors (Lipinski definition) is 3. The third-order valence-corrected chi connectivity index (χ3v) is 5.83. The molecule has 0 bridgehead atoms. The van der Waals surface area contributed by atoms with Gasteiger partial charge in [0.15, 0.2) is 9.84 Å². The highest BCUT2D eigenvalue weighted by molar-refractivity contribution is 7.91. The van der Waals surface area contributed by atoms with Crippen LogP contribution in [-0.4, -0.2) is 42.7 Å². The standard InChI is InChI=1S/C11H22N2O4S/c1-7(2)18(16,17)6-8-5-9(12)3-4-10(8)13-11(14)15/h7-10,13H,3-6,12H2,1-2H3,(H,14,15)/t8-,9-,10+/m1/s1. The minimum Gasteiger partial charge on any atom is -0.465 e. The first-order valence-electron chi connectivity index (χ1n) is 6.19. The maximum atomic E-state index is 11.9. The summed E-state index contributed by atoms with van der Waals surface area (Å²) in [5.41, 5.74) is 5.84. The highest BCUT2D eigenvalue weighted by Crippen LogP contribution is 2.26. The van der Waals surface area contributed by atoms with Gasteiger partial charge in [-0.2, -0.15) is 0 Å². The first-order valence-corrected chi connectivity index (χ1v) is 7.90. The molecule has 0 aromatic rings. The fraction of sp³-hybridized carbons (Fsp3) is 0.909. The molecule has 0 radical (unpaired) electrons. The molecular formula is C11H22N2O4S. The van der Waals surface area contributed by atoms with Crippen LogP contribution < -0.4 is 11.1 Å². The first kappa shape index (κ1) is 15.2. The predicted molar refractivity (Wildman–Crippen MR) is 69.2 cm³/mol. The van der Waals surface area contributed by atoms with Gasteiger partial charge in [0.25, 0.3) is 0 Å². The van der Waals surface area contributed by atoms with Gasteiger partial charge in [0.05, 0.1) is 11.0 Å². The number of carbonyl (C=O) groups is 1. The third kappa shape index (κ3) is 4.13. The van der Waals surface area contributed by atoms with Crippen molar-refractivity contribution in [1.82, 2.24) is 5.32 Å². The van der Waals surface area contributed by atoms with E-state index in [2.05, 4.69) is 5.32 Å². The fourth-order valence-electron chi connectivity index (χ4n) is 2.32. The molecule has 1 aliphatic rings. The molecule has 106 valence electrons. The second-order valence-electron chi connectivity index (χ2n) is 5.27. The quantitative estimate of drug-likeness (QED) is 0.696. The second-order valence-corrected chi connectivity index (χ2v) is 7.87. The molecule has 1 fully saturated rings. The smallest absolute Gasteiger partial charge is 0.404 e. The average Bonchev–Trinajstić information content (AvgIpc) is 2.21. The van der Waals surface area contributed by atoms with Gasteiger partial charge in [0, 0.05) is 12.1 Å². The lowest BCUT2D eigenvalue weighted by atomic mass is 9.83. The van der Waals surface area contributed by atoms with Crippen LogP contribution in [-0.2, 0) is 9.84 Å². The topological polar surface area (TPSA) is 109 Å². The van der Waals surface area contributed by atoms with Crippen LogP contribution in [0.2, 0.25) is 0 Å². The number of sulfone groups is 1. The number of carboxylic acid groups (broad SMARTS) is 1. The summed E-state index contributed by atoms with van der Waals surface area (Å²) in [4.78, 5) is 10.7. The van der Waals surface area contributed by atoms with Crippen LogP contribution in [0.1, 0.15) is 33.1 Å². The third-order valence-electron chi connectivity index (χ3n) is 3.50. The van der Waals surface area contributed by atoms with Gasteiger partial charge in [-0.15, -0.1) is 0 Å². The van der Waals surface area contributed by atoms with Crippen LogP contribution in [0.4, 0.5) is 4.79 Å². The van der Waals surface area contributed by atoms with Crippen molar-refractivity contribution in [3.05, 3.63) is 0 Å². The molecule has 0 unspecified atom stereocenters. The molecule has 18 heavy (non-hydrogen) atoms. The Balaban J connectivity index is 2.76. The molecule has 1 saturated carbocycles. The summed E-state index contributed by atoms with van der Waals surface area (Å²) in [7, 11) is -3.18. The molecule has 4 N–H and O–H groups in total. The summed E-state index contributed by atoms with van der Waals surface area (Å²) in [5.74, 6) is -0.221. The van der Waals surface area contributed by atoms with Crippen LogP contribution >= 0.6 is 0 Å². The highest BCUT2D eigenvalue weighted by atomic mass is 32.2. The van der Waals surface area contributed by atoms with Gasteiger partial charge in [-0.25, -0.2) is 13.2 Å². The van der Waals surface area contributed by atoms with E-state index in [1.807, 2.05) is 0 Å². The van der Waals surface area contributed by atoms with Gasteiger partial charge in [0.2, 0.25) is 0 Å². The molecular weight excluding hydrogens is 256 g/mol. The molecule has 3 atom stereocenters. The molecule has 0 aromatic carbocycles. The summed E-state index contributed by atoms with van der Waals surface area (Å²) in [6.45, 7) is 3.27. The summed E-state index contributed by atoms with van der Waals surface area (Å²) in [6, 6.07) is -0.347. The van der Waals surface area contributed by atoms with Gasteiger partial charge >= 0.3 is 6.09 Å². The Morgan fingerprint density at radius 2 is 2.06 bits per heavy atom. The maximum Gasteiger partial charge on any atom is 0.404 e. The van der Waals surface area contributed by atoms with E-state index >= 15 is 0 Å². The van der Waals surface area contributed by atoms with Gasteiger partial charge < -0.3 is 16.2 Å². The van der Waals surface area contributed by atoms with E-state index in [9.17, 15) is 13.2 Å². The van der Waals surface area contributed by atoms with Gasteiger partial charge in [-0.1, -0.05) is 0 Å². The molecule has 6 nitrogen and oxygen atoms in total. The largest absolute Gasteiger partial charge is 0.465 e. The number of nitrogens with two attached hydrogens (primary N) is 1. The molecule has 0 aromatic heterocycles. The van der Waals surface area contributed by atoms with Gasteiger partial charge in [0.1, 0.15) is 0 Å². The van der Waals surface area contributed by atoms with Crippen LogP contribution in [0.3, 0.4) is 0 Å². The average molecular weight is 278 g/mol. The lowest BCUT2D eigenvalue weighted by molar-refractivity contribution is 0.175. The Bertz CT molecular complexity index is 394. The Morgan fingerprint density at radius 3 is 2.56 bits per heavy atom. The summed E-state index contributed by atoms with van der Waals surface area (Å²) >= 11 is 0. The van der Waals surface area contributed by atoms with Gasteiger partial charge in [-0.3, -0.25) is 0 Å². The first-order chi connectivity index (χ1) is 8.22. The van der Waals surface area contributed by atoms with Crippen molar-refractivity contribution < 1.29 is 18.3 Å². The minimum absolute atomic E-state index is 0.00329. The minimum atomic E-state index is -3.18. The molecule has 7 heteroatoms. The zero-order valence-corrected chi connectivity index (χ0v) is 11.6. The van der Waals surface area contributed by atoms with E-state index in [1.165, 1.54) is 0 Å². The van der Waals surface area contributed by atoms with Crippen LogP contribution in [0.15, 0.2) is 0 Å². The molecule has 0 heterocycles. The zero-order valence-electron chi connectivity index (χ0n) is 10.8. The van der Waals surface area contributed by atoms with Crippen molar-refractivity contribution in [3.8, 4) is 0 Å². The van der Waals surface area contributed by atoms with E-state index in [4.69, 9.17) is 10.8 Å². The van der Waals surface area contributed by atoms with Crippen molar-refractivity contribution in [2.75, 3.05) is 5.75 Å². The highest BCUT2D eigenvalue weighted by Gasteiger charge is 2.34. The number of nitrogens with one attached hydrogen (secondary N) is 1. The van der Waals surface area contributed by atoms with Crippen molar-refractivity contribution >= 4 is 15.9 Å². The summed E-state index contributed by atoms with van der Waals surface area (Å²) in [5, 5.41) is 10.7. The van der Waals surface area contributed by atoms with E-state index in [0.29, 0.717) is 12.8 Å². The Morgan fingerprint density at radius 1 is 1.44 bits per heavy atom. The Kier molecular flexibility index (Phi) is 4.98. The molecule has 0 aliphatic heterocycles. The van der Waals surface area contributed by atoms with Crippen molar-refractivity contribution in [2.24, 2.45) is 11.7 Å². The number of amides is 1. The van der Waals surface area contributed by atoms with Crippen LogP contribution in [0, 0.1) is 5.92 Å². The van der Waals surface area contributed by atoms with Crippen molar-refractivity contribution in [2.45, 2.75) is 50.4 Å². The Labute approximate surface area is 108 Å². The fourth-order valence-corrected chi connectivity index (χ4v) is 3.67. The molecule has 0 spiro atoms. The van der Waals surface area contributed by atoms with Crippen LogP contribution in [0.25, 0.3) is 0 Å². The predicted octanol–water partition coefficient (Wildman–Crippen LogP) is 0.573. The van der Waals surface area contributed by atoms with E-state index in [1.54, 1.807) is 13.8 Å². The molecule has 0 saturated heterocycles. The lowest BCUT2D eigenvalue weighted by Gasteiger charge is -2.34. The SMILES string of the molecule is CC(C)S(=O)(=O)C[C@H]1C[C@H](N)CC[C@@H]1NC(=O)O. The Hall–Kier alpha value is -0.820. The van der Waals surface area contributed by atoms with Crippen molar-refractivity contribution in [3.63, 3.8) is 0 Å². The monoisotopic (exact) mass is 278 g/mol. The van der Waals surface area contributed by atoms with Crippen LogP contribution in [0.5, 0.6) is 0 Å². The normalized spacial score (nSPS) is 29.2. The van der Waals surface area contributed by atoms with Gasteiger partial charge in [-0.05, 0) is 39.0 Å². The van der Waals surface area contributed by atoms with E-state index in [0.717, 1.165) is 6.42 Å². The lowest BCUT2D eigenvalue weighted by Crippen LogP contribution is -2.48. The number of hydrogen-bond acceptors (Lipinski definition) is 4. The summed E-state index contributed by atoms with van der Waals surface area (Å²) < 4.78 is 23.8. The molecule has 1 rings (SSSR count). The molecule has 1 aliphatic carbocycles. The molecule has 1 amide bonds. The number of rotatable bonds is 4. The summed E-state index contributed by atoms with van der Waals surface area (Å²) in [6.07, 6.45) is 0.772. The van der Waals surface area contributed by atoms with E-state index in [-0.39, 0.29) is 23.8 Å². The second kappa shape index (κ2) is 5.88. The van der Waals surface area contributed by atoms with E-state index < -0.39 is 21.2 Å². The maximum absolute atomic E-state index is 11.9.